The minimum atomic E-state index is -0.0429. The van der Waals surface area contributed by atoms with E-state index in [1.807, 2.05) is 36.6 Å². The van der Waals surface area contributed by atoms with Gasteiger partial charge in [0, 0.05) is 33.1 Å². The van der Waals surface area contributed by atoms with Crippen molar-refractivity contribution in [2.45, 2.75) is 17.0 Å². The predicted octanol–water partition coefficient (Wildman–Crippen LogP) is 4.71. The third-order valence-electron chi connectivity index (χ3n) is 3.45. The van der Waals surface area contributed by atoms with Crippen LogP contribution in [-0.2, 0) is 5.75 Å². The molecule has 0 aliphatic carbocycles. The fourth-order valence-electron chi connectivity index (χ4n) is 2.32. The molecule has 0 fully saturated rings. The monoisotopic (exact) mass is 465 g/mol. The van der Waals surface area contributed by atoms with Crippen LogP contribution in [0.4, 0.5) is 10.8 Å². The first kappa shape index (κ1) is 17.7. The quantitative estimate of drug-likeness (QED) is 0.430. The van der Waals surface area contributed by atoms with Gasteiger partial charge >= 0.3 is 0 Å². The Morgan fingerprint density at radius 2 is 2.19 bits per heavy atom. The molecule has 0 aliphatic heterocycles. The van der Waals surface area contributed by atoms with Crippen LogP contribution >= 0.6 is 50.4 Å². The predicted molar refractivity (Wildman–Crippen MR) is 111 cm³/mol. The van der Waals surface area contributed by atoms with Crippen molar-refractivity contribution in [3.8, 4) is 0 Å². The number of nitrogens with zero attached hydrogens (tertiary/aromatic N) is 4. The Morgan fingerprint density at radius 1 is 1.31 bits per heavy atom. The molecule has 0 aliphatic rings. The molecule has 0 radical (unpaired) electrons. The number of aryl methyl sites for hydroxylation is 1. The lowest BCUT2D eigenvalue weighted by molar-refractivity contribution is 0.992. The van der Waals surface area contributed by atoms with Crippen molar-refractivity contribution in [2.75, 3.05) is 5.32 Å². The molecule has 1 aromatic carbocycles. The summed E-state index contributed by atoms with van der Waals surface area (Å²) < 4.78 is 3.45. The summed E-state index contributed by atoms with van der Waals surface area (Å²) in [5.41, 5.74) is 2.56. The summed E-state index contributed by atoms with van der Waals surface area (Å²) in [5, 5.41) is 14.2. The number of thioether (sulfide) groups is 1. The van der Waals surface area contributed by atoms with E-state index in [0.29, 0.717) is 5.75 Å². The second-order valence-corrected chi connectivity index (χ2v) is 9.33. The van der Waals surface area contributed by atoms with Gasteiger partial charge in [0.05, 0.1) is 5.69 Å². The Bertz CT molecular complexity index is 1140. The summed E-state index contributed by atoms with van der Waals surface area (Å²) in [6.07, 6.45) is 0. The smallest absolute Gasteiger partial charge is 0.258 e. The van der Waals surface area contributed by atoms with E-state index in [-0.39, 0.29) is 5.56 Å². The van der Waals surface area contributed by atoms with Crippen molar-refractivity contribution in [3.05, 3.63) is 61.9 Å². The molecule has 3 heterocycles. The van der Waals surface area contributed by atoms with Gasteiger partial charge in [-0.15, -0.1) is 21.5 Å². The number of thiazole rings is 1. The van der Waals surface area contributed by atoms with Gasteiger partial charge < -0.3 is 5.32 Å². The number of halogens is 1. The van der Waals surface area contributed by atoms with Crippen LogP contribution in [-0.4, -0.2) is 19.6 Å². The Morgan fingerprint density at radius 3 is 3.04 bits per heavy atom. The van der Waals surface area contributed by atoms with Crippen LogP contribution in [0.2, 0.25) is 0 Å². The zero-order chi connectivity index (χ0) is 18.1. The molecule has 0 unspecified atom stereocenters. The summed E-state index contributed by atoms with van der Waals surface area (Å²) >= 11 is 7.91. The van der Waals surface area contributed by atoms with Crippen molar-refractivity contribution in [2.24, 2.45) is 0 Å². The van der Waals surface area contributed by atoms with Crippen molar-refractivity contribution in [1.29, 1.82) is 0 Å². The number of hydrogen-bond acceptors (Lipinski definition) is 8. The first-order chi connectivity index (χ1) is 12.6. The molecular weight excluding hydrogens is 454 g/mol. The average Bonchev–Trinajstić information content (AvgIpc) is 3.20. The molecule has 0 atom stereocenters. The topological polar surface area (TPSA) is 72.2 Å². The number of benzene rings is 1. The number of fused-ring (bicyclic) bond motifs is 1. The SMILES string of the molecule is Cc1csc2nc(CSc3nnc(Nc4cccc(Br)c4)s3)cc(=O)n12. The van der Waals surface area contributed by atoms with Gasteiger partial charge in [-0.2, -0.15) is 0 Å². The molecule has 0 bridgehead atoms. The van der Waals surface area contributed by atoms with E-state index in [1.165, 1.54) is 34.4 Å². The first-order valence-corrected chi connectivity index (χ1v) is 11.0. The van der Waals surface area contributed by atoms with Gasteiger partial charge in [0.1, 0.15) is 0 Å². The largest absolute Gasteiger partial charge is 0.330 e. The minimum Gasteiger partial charge on any atom is -0.330 e. The maximum absolute atomic E-state index is 12.2. The number of nitrogens with one attached hydrogen (secondary N) is 1. The lowest BCUT2D eigenvalue weighted by Crippen LogP contribution is -2.14. The highest BCUT2D eigenvalue weighted by molar-refractivity contribution is 9.10. The zero-order valence-corrected chi connectivity index (χ0v) is 17.5. The minimum absolute atomic E-state index is 0.0429. The van der Waals surface area contributed by atoms with Crippen molar-refractivity contribution in [1.82, 2.24) is 19.6 Å². The molecule has 6 nitrogen and oxygen atoms in total. The van der Waals surface area contributed by atoms with E-state index in [9.17, 15) is 4.79 Å². The van der Waals surface area contributed by atoms with Crippen LogP contribution in [0.25, 0.3) is 4.96 Å². The van der Waals surface area contributed by atoms with Crippen LogP contribution in [0.15, 0.2) is 49.3 Å². The molecule has 132 valence electrons. The van der Waals surface area contributed by atoms with Gasteiger partial charge in [-0.3, -0.25) is 9.20 Å². The van der Waals surface area contributed by atoms with Gasteiger partial charge in [0.2, 0.25) is 5.13 Å². The Hall–Kier alpha value is -1.75. The number of hydrogen-bond donors (Lipinski definition) is 1. The summed E-state index contributed by atoms with van der Waals surface area (Å²) in [5.74, 6) is 0.578. The maximum atomic E-state index is 12.2. The number of rotatable bonds is 5. The van der Waals surface area contributed by atoms with E-state index in [4.69, 9.17) is 0 Å². The van der Waals surface area contributed by atoms with Crippen LogP contribution in [0, 0.1) is 6.92 Å². The summed E-state index contributed by atoms with van der Waals surface area (Å²) in [6.45, 7) is 1.90. The van der Waals surface area contributed by atoms with Crippen LogP contribution in [0.5, 0.6) is 0 Å². The molecule has 1 N–H and O–H groups in total. The zero-order valence-electron chi connectivity index (χ0n) is 13.5. The fourth-order valence-corrected chi connectivity index (χ4v) is 5.27. The van der Waals surface area contributed by atoms with Gasteiger partial charge in [0.25, 0.3) is 5.56 Å². The third kappa shape index (κ3) is 3.83. The molecule has 10 heteroatoms. The molecule has 0 saturated carbocycles. The van der Waals surface area contributed by atoms with Gasteiger partial charge in [-0.05, 0) is 25.1 Å². The van der Waals surface area contributed by atoms with Gasteiger partial charge in [0.15, 0.2) is 9.30 Å². The van der Waals surface area contributed by atoms with E-state index in [0.717, 1.165) is 36.0 Å². The number of aromatic nitrogens is 4. The van der Waals surface area contributed by atoms with Crippen molar-refractivity contribution in [3.63, 3.8) is 0 Å². The molecule has 0 amide bonds. The lowest BCUT2D eigenvalue weighted by atomic mass is 10.3. The van der Waals surface area contributed by atoms with Gasteiger partial charge in [-0.1, -0.05) is 45.1 Å². The van der Waals surface area contributed by atoms with E-state index < -0.39 is 0 Å². The molecule has 0 saturated heterocycles. The molecule has 3 aromatic heterocycles. The molecule has 4 aromatic rings. The number of anilines is 2. The molecule has 4 rings (SSSR count). The highest BCUT2D eigenvalue weighted by atomic mass is 79.9. The van der Waals surface area contributed by atoms with E-state index >= 15 is 0 Å². The van der Waals surface area contributed by atoms with Crippen LogP contribution < -0.4 is 10.9 Å². The lowest BCUT2D eigenvalue weighted by Gasteiger charge is -2.01. The van der Waals surface area contributed by atoms with Gasteiger partial charge in [-0.25, -0.2) is 4.98 Å². The van der Waals surface area contributed by atoms with Crippen molar-refractivity contribution >= 4 is 66.1 Å². The summed E-state index contributed by atoms with van der Waals surface area (Å²) in [4.78, 5) is 17.5. The second-order valence-electron chi connectivity index (χ2n) is 5.38. The highest BCUT2D eigenvalue weighted by Gasteiger charge is 2.09. The van der Waals surface area contributed by atoms with Crippen LogP contribution in [0.1, 0.15) is 11.4 Å². The molecule has 0 spiro atoms. The van der Waals surface area contributed by atoms with Crippen LogP contribution in [0.3, 0.4) is 0 Å². The Balaban J connectivity index is 1.45. The highest BCUT2D eigenvalue weighted by Crippen LogP contribution is 2.30. The fraction of sp³-hybridized carbons (Fsp3) is 0.125. The Kier molecular flexibility index (Phi) is 5.07. The normalized spacial score (nSPS) is 11.2. The van der Waals surface area contributed by atoms with Crippen molar-refractivity contribution < 1.29 is 0 Å². The second kappa shape index (κ2) is 7.47. The van der Waals surface area contributed by atoms with E-state index in [2.05, 4.69) is 36.4 Å². The first-order valence-electron chi connectivity index (χ1n) is 7.54. The summed E-state index contributed by atoms with van der Waals surface area (Å²) in [7, 11) is 0. The molecular formula is C16H12BrN5OS3. The molecule has 26 heavy (non-hydrogen) atoms. The summed E-state index contributed by atoms with van der Waals surface area (Å²) in [6, 6.07) is 9.45. The standard InChI is InChI=1S/C16H12BrN5OS3/c1-9-7-24-15-19-12(6-13(23)22(9)15)8-25-16-21-20-14(26-16)18-11-4-2-3-10(17)5-11/h2-7H,8H2,1H3,(H,18,20). The average molecular weight is 466 g/mol. The maximum Gasteiger partial charge on any atom is 0.258 e. The van der Waals surface area contributed by atoms with E-state index in [1.54, 1.807) is 10.5 Å². The Labute approximate surface area is 169 Å². The third-order valence-corrected chi connectivity index (χ3v) is 6.90.